The molecule has 6 heteroatoms. The number of rotatable bonds is 6. The van der Waals surface area contributed by atoms with Gasteiger partial charge in [-0.05, 0) is 17.7 Å². The number of nitrogens with zero attached hydrogens (tertiary/aromatic N) is 2. The van der Waals surface area contributed by atoms with Crippen LogP contribution >= 0.6 is 11.8 Å². The average Bonchev–Trinajstić information content (AvgIpc) is 3.20. The van der Waals surface area contributed by atoms with E-state index in [0.29, 0.717) is 18.1 Å². The maximum atomic E-state index is 12.1. The molecule has 0 bridgehead atoms. The smallest absolute Gasteiger partial charge is 0.287 e. The predicted molar refractivity (Wildman–Crippen MR) is 89.1 cm³/mol. The lowest BCUT2D eigenvalue weighted by Gasteiger charge is -2.03. The molecule has 0 aliphatic carbocycles. The van der Waals surface area contributed by atoms with Crippen molar-refractivity contribution in [2.24, 2.45) is 7.05 Å². The summed E-state index contributed by atoms with van der Waals surface area (Å²) in [5.74, 6) is 1.51. The average molecular weight is 327 g/mol. The van der Waals surface area contributed by atoms with Crippen molar-refractivity contribution in [1.82, 2.24) is 14.9 Å². The van der Waals surface area contributed by atoms with Crippen LogP contribution in [-0.2, 0) is 19.3 Å². The highest BCUT2D eigenvalue weighted by molar-refractivity contribution is 7.98. The zero-order chi connectivity index (χ0) is 16.1. The predicted octanol–water partition coefficient (Wildman–Crippen LogP) is 3.24. The van der Waals surface area contributed by atoms with Crippen molar-refractivity contribution < 1.29 is 9.21 Å². The standard InChI is InChI=1S/C17H17N3O2S/c1-20-10-9-18-17(20)23-12-14-7-8-15(22-14)16(21)19-11-13-5-3-2-4-6-13/h2-10H,11-12H2,1H3,(H,19,21). The molecule has 0 radical (unpaired) electrons. The Balaban J connectivity index is 1.54. The van der Waals surface area contributed by atoms with E-state index in [2.05, 4.69) is 10.3 Å². The van der Waals surface area contributed by atoms with Crippen LogP contribution in [-0.4, -0.2) is 15.5 Å². The number of hydrogen-bond donors (Lipinski definition) is 1. The van der Waals surface area contributed by atoms with Gasteiger partial charge in [-0.3, -0.25) is 4.79 Å². The van der Waals surface area contributed by atoms with E-state index in [1.54, 1.807) is 24.0 Å². The van der Waals surface area contributed by atoms with Crippen LogP contribution in [0, 0.1) is 0 Å². The molecule has 0 unspecified atom stereocenters. The lowest BCUT2D eigenvalue weighted by molar-refractivity contribution is 0.0922. The second-order valence-corrected chi connectivity index (χ2v) is 5.99. The van der Waals surface area contributed by atoms with Gasteiger partial charge in [0.1, 0.15) is 5.76 Å². The fourth-order valence-corrected chi connectivity index (χ4v) is 2.90. The van der Waals surface area contributed by atoms with Gasteiger partial charge in [0.2, 0.25) is 0 Å². The van der Waals surface area contributed by atoms with Crippen molar-refractivity contribution in [3.8, 4) is 0 Å². The van der Waals surface area contributed by atoms with E-state index in [1.165, 1.54) is 0 Å². The van der Waals surface area contributed by atoms with Gasteiger partial charge in [-0.2, -0.15) is 0 Å². The molecule has 5 nitrogen and oxygen atoms in total. The van der Waals surface area contributed by atoms with Crippen molar-refractivity contribution in [3.63, 3.8) is 0 Å². The van der Waals surface area contributed by atoms with Crippen LogP contribution in [0.3, 0.4) is 0 Å². The Morgan fingerprint density at radius 2 is 2.09 bits per heavy atom. The van der Waals surface area contributed by atoms with E-state index >= 15 is 0 Å². The number of aromatic nitrogens is 2. The molecule has 1 aromatic carbocycles. The molecule has 1 amide bonds. The number of amides is 1. The Morgan fingerprint density at radius 3 is 2.83 bits per heavy atom. The van der Waals surface area contributed by atoms with Gasteiger partial charge in [-0.15, -0.1) is 0 Å². The zero-order valence-corrected chi connectivity index (χ0v) is 13.5. The van der Waals surface area contributed by atoms with Crippen molar-refractivity contribution in [2.45, 2.75) is 17.5 Å². The quantitative estimate of drug-likeness (QED) is 0.706. The van der Waals surface area contributed by atoms with Gasteiger partial charge in [0.05, 0.1) is 5.75 Å². The summed E-state index contributed by atoms with van der Waals surface area (Å²) in [6, 6.07) is 13.3. The topological polar surface area (TPSA) is 60.1 Å². The van der Waals surface area contributed by atoms with Gasteiger partial charge < -0.3 is 14.3 Å². The van der Waals surface area contributed by atoms with Gasteiger partial charge in [-0.25, -0.2) is 4.98 Å². The Kier molecular flexibility index (Phi) is 4.83. The molecule has 2 heterocycles. The molecular formula is C17H17N3O2S. The Hall–Kier alpha value is -2.47. The molecule has 0 atom stereocenters. The fraction of sp³-hybridized carbons (Fsp3) is 0.176. The summed E-state index contributed by atoms with van der Waals surface area (Å²) < 4.78 is 7.55. The van der Waals surface area contributed by atoms with Crippen LogP contribution in [0.25, 0.3) is 0 Å². The van der Waals surface area contributed by atoms with Crippen LogP contribution < -0.4 is 5.32 Å². The number of furan rings is 1. The maximum Gasteiger partial charge on any atom is 0.287 e. The van der Waals surface area contributed by atoms with Gasteiger partial charge in [0.15, 0.2) is 10.9 Å². The SMILES string of the molecule is Cn1ccnc1SCc1ccc(C(=O)NCc2ccccc2)o1. The van der Waals surface area contributed by atoms with Crippen LogP contribution in [0.5, 0.6) is 0 Å². The summed E-state index contributed by atoms with van der Waals surface area (Å²) in [4.78, 5) is 16.3. The first-order valence-corrected chi connectivity index (χ1v) is 8.22. The number of thioether (sulfide) groups is 1. The molecule has 0 fully saturated rings. The zero-order valence-electron chi connectivity index (χ0n) is 12.7. The number of aryl methyl sites for hydroxylation is 1. The third-order valence-electron chi connectivity index (χ3n) is 3.30. The third-order valence-corrected chi connectivity index (χ3v) is 4.38. The molecular weight excluding hydrogens is 310 g/mol. The highest BCUT2D eigenvalue weighted by Crippen LogP contribution is 2.21. The van der Waals surface area contributed by atoms with Gasteiger partial charge >= 0.3 is 0 Å². The monoisotopic (exact) mass is 327 g/mol. The minimum absolute atomic E-state index is 0.206. The minimum Gasteiger partial charge on any atom is -0.455 e. The van der Waals surface area contributed by atoms with E-state index in [4.69, 9.17) is 4.42 Å². The van der Waals surface area contributed by atoms with Gasteiger partial charge in [0, 0.05) is 26.0 Å². The molecule has 3 aromatic rings. The fourth-order valence-electron chi connectivity index (χ4n) is 2.07. The highest BCUT2D eigenvalue weighted by atomic mass is 32.2. The lowest BCUT2D eigenvalue weighted by Crippen LogP contribution is -2.22. The van der Waals surface area contributed by atoms with Crippen LogP contribution in [0.4, 0.5) is 0 Å². The number of carbonyl (C=O) groups is 1. The molecule has 0 spiro atoms. The molecule has 2 aromatic heterocycles. The molecule has 0 saturated heterocycles. The molecule has 1 N–H and O–H groups in total. The van der Waals surface area contributed by atoms with Gasteiger partial charge in [-0.1, -0.05) is 42.1 Å². The number of imidazole rings is 1. The largest absolute Gasteiger partial charge is 0.455 e. The maximum absolute atomic E-state index is 12.1. The molecule has 23 heavy (non-hydrogen) atoms. The molecule has 0 saturated carbocycles. The summed E-state index contributed by atoms with van der Waals surface area (Å²) >= 11 is 1.57. The summed E-state index contributed by atoms with van der Waals surface area (Å²) in [7, 11) is 1.94. The van der Waals surface area contributed by atoms with Crippen molar-refractivity contribution >= 4 is 17.7 Å². The summed E-state index contributed by atoms with van der Waals surface area (Å²) in [6.07, 6.45) is 3.65. The summed E-state index contributed by atoms with van der Waals surface area (Å²) in [5.41, 5.74) is 1.05. The van der Waals surface area contributed by atoms with E-state index in [1.807, 2.05) is 54.2 Å². The Labute approximate surface area is 138 Å². The highest BCUT2D eigenvalue weighted by Gasteiger charge is 2.11. The second kappa shape index (κ2) is 7.19. The minimum atomic E-state index is -0.206. The van der Waals surface area contributed by atoms with E-state index in [-0.39, 0.29) is 5.91 Å². The van der Waals surface area contributed by atoms with E-state index in [0.717, 1.165) is 16.5 Å². The van der Waals surface area contributed by atoms with Crippen molar-refractivity contribution in [1.29, 1.82) is 0 Å². The molecule has 0 aliphatic heterocycles. The lowest BCUT2D eigenvalue weighted by atomic mass is 10.2. The first-order chi connectivity index (χ1) is 11.2. The number of carbonyl (C=O) groups excluding carboxylic acids is 1. The number of hydrogen-bond acceptors (Lipinski definition) is 4. The molecule has 0 aliphatic rings. The molecule has 3 rings (SSSR count). The number of nitrogens with one attached hydrogen (secondary N) is 1. The number of benzene rings is 1. The first-order valence-electron chi connectivity index (χ1n) is 7.23. The van der Waals surface area contributed by atoms with Crippen molar-refractivity contribution in [3.05, 3.63) is 71.9 Å². The molecule has 118 valence electrons. The van der Waals surface area contributed by atoms with E-state index in [9.17, 15) is 4.79 Å². The summed E-state index contributed by atoms with van der Waals surface area (Å²) in [5, 5.41) is 3.76. The van der Waals surface area contributed by atoms with Gasteiger partial charge in [0.25, 0.3) is 5.91 Å². The summed E-state index contributed by atoms with van der Waals surface area (Å²) in [6.45, 7) is 0.484. The van der Waals surface area contributed by atoms with Crippen LogP contribution in [0.1, 0.15) is 21.9 Å². The second-order valence-electron chi connectivity index (χ2n) is 5.04. The van der Waals surface area contributed by atoms with E-state index < -0.39 is 0 Å². The van der Waals surface area contributed by atoms with Crippen molar-refractivity contribution in [2.75, 3.05) is 0 Å². The third kappa shape index (κ3) is 4.04. The Morgan fingerprint density at radius 1 is 1.26 bits per heavy atom. The Bertz CT molecular complexity index is 780. The normalized spacial score (nSPS) is 10.7. The van der Waals surface area contributed by atoms with Crippen LogP contribution in [0.2, 0.25) is 0 Å². The van der Waals surface area contributed by atoms with Crippen LogP contribution in [0.15, 0.2) is 64.4 Å². The first kappa shape index (κ1) is 15.4.